The van der Waals surface area contributed by atoms with Crippen LogP contribution in [0.3, 0.4) is 0 Å². The Hall–Kier alpha value is -1.89. The second-order valence-corrected chi connectivity index (χ2v) is 7.58. The lowest BCUT2D eigenvalue weighted by atomic mass is 9.95. The highest BCUT2D eigenvalue weighted by molar-refractivity contribution is 14.1. The SMILES string of the molecule is CN1C(=O)C(Cc2ccccc2I)N(C)C(=O)C1Cc1ccccc1. The molecule has 3 rings (SSSR count). The number of hydrogen-bond donors (Lipinski definition) is 0. The number of rotatable bonds is 4. The molecule has 2 unspecified atom stereocenters. The summed E-state index contributed by atoms with van der Waals surface area (Å²) in [6.07, 6.45) is 1.09. The van der Waals surface area contributed by atoms with Crippen molar-refractivity contribution in [2.24, 2.45) is 0 Å². The molecule has 0 aliphatic carbocycles. The second kappa shape index (κ2) is 7.56. The van der Waals surface area contributed by atoms with Crippen LogP contribution in [-0.4, -0.2) is 47.8 Å². The number of likely N-dealkylation sites (N-methyl/N-ethyl adjacent to an activating group) is 2. The van der Waals surface area contributed by atoms with Crippen molar-refractivity contribution < 1.29 is 9.59 Å². The van der Waals surface area contributed by atoms with E-state index in [0.29, 0.717) is 12.8 Å². The van der Waals surface area contributed by atoms with E-state index in [0.717, 1.165) is 14.7 Å². The number of carbonyl (C=O) groups is 2. The Morgan fingerprint density at radius 2 is 1.32 bits per heavy atom. The van der Waals surface area contributed by atoms with Crippen molar-refractivity contribution in [3.05, 3.63) is 69.3 Å². The van der Waals surface area contributed by atoms with Gasteiger partial charge in [-0.3, -0.25) is 9.59 Å². The monoisotopic (exact) mass is 448 g/mol. The van der Waals surface area contributed by atoms with E-state index in [1.807, 2.05) is 54.6 Å². The van der Waals surface area contributed by atoms with Gasteiger partial charge in [-0.15, -0.1) is 0 Å². The highest BCUT2D eigenvalue weighted by Gasteiger charge is 2.42. The fraction of sp³-hybridized carbons (Fsp3) is 0.300. The number of hydrogen-bond acceptors (Lipinski definition) is 2. The predicted octanol–water partition coefficient (Wildman–Crippen LogP) is 2.74. The molecule has 130 valence electrons. The van der Waals surface area contributed by atoms with Crippen LogP contribution >= 0.6 is 22.6 Å². The van der Waals surface area contributed by atoms with Gasteiger partial charge < -0.3 is 9.80 Å². The molecule has 0 bridgehead atoms. The maximum atomic E-state index is 12.9. The smallest absolute Gasteiger partial charge is 0.246 e. The van der Waals surface area contributed by atoms with E-state index in [9.17, 15) is 9.59 Å². The Labute approximate surface area is 162 Å². The fourth-order valence-electron chi connectivity index (χ4n) is 3.27. The van der Waals surface area contributed by atoms with E-state index in [2.05, 4.69) is 22.6 Å². The Balaban J connectivity index is 1.81. The summed E-state index contributed by atoms with van der Waals surface area (Å²) in [5.74, 6) is 0.00424. The standard InChI is InChI=1S/C20H21IN2O2/c1-22-17(12-14-8-4-3-5-9-14)19(24)23(2)18(20(22)25)13-15-10-6-7-11-16(15)21/h3-11,17-18H,12-13H2,1-2H3. The number of amides is 2. The van der Waals surface area contributed by atoms with E-state index in [1.54, 1.807) is 23.9 Å². The van der Waals surface area contributed by atoms with Crippen LogP contribution in [0.25, 0.3) is 0 Å². The lowest BCUT2D eigenvalue weighted by molar-refractivity contribution is -0.158. The van der Waals surface area contributed by atoms with E-state index in [4.69, 9.17) is 0 Å². The highest BCUT2D eigenvalue weighted by Crippen LogP contribution is 2.23. The first-order valence-corrected chi connectivity index (χ1v) is 9.37. The molecule has 1 fully saturated rings. The van der Waals surface area contributed by atoms with Gasteiger partial charge in [0, 0.05) is 30.5 Å². The van der Waals surface area contributed by atoms with Gasteiger partial charge in [0.15, 0.2) is 0 Å². The van der Waals surface area contributed by atoms with Crippen molar-refractivity contribution in [1.29, 1.82) is 0 Å². The summed E-state index contributed by atoms with van der Waals surface area (Å²) in [6, 6.07) is 16.9. The number of benzene rings is 2. The second-order valence-electron chi connectivity index (χ2n) is 6.42. The van der Waals surface area contributed by atoms with E-state index in [-0.39, 0.29) is 11.8 Å². The maximum absolute atomic E-state index is 12.9. The molecule has 0 aromatic heterocycles. The van der Waals surface area contributed by atoms with Crippen LogP contribution in [0.15, 0.2) is 54.6 Å². The molecule has 1 aliphatic heterocycles. The third-order valence-corrected chi connectivity index (χ3v) is 5.90. The van der Waals surface area contributed by atoms with Crippen LogP contribution in [0.1, 0.15) is 11.1 Å². The molecule has 0 N–H and O–H groups in total. The first kappa shape index (κ1) is 17.9. The van der Waals surface area contributed by atoms with E-state index < -0.39 is 12.1 Å². The van der Waals surface area contributed by atoms with Gasteiger partial charge in [-0.05, 0) is 39.8 Å². The van der Waals surface area contributed by atoms with Crippen LogP contribution in [0.4, 0.5) is 0 Å². The minimum Gasteiger partial charge on any atom is -0.332 e. The molecule has 2 aromatic rings. The first-order chi connectivity index (χ1) is 12.0. The molecular weight excluding hydrogens is 427 g/mol. The summed E-state index contributed by atoms with van der Waals surface area (Å²) in [7, 11) is 3.48. The molecule has 1 heterocycles. The minimum absolute atomic E-state index is 0.00175. The minimum atomic E-state index is -0.444. The van der Waals surface area contributed by atoms with Crippen LogP contribution in [0.5, 0.6) is 0 Å². The Morgan fingerprint density at radius 1 is 0.800 bits per heavy atom. The van der Waals surface area contributed by atoms with Crippen molar-refractivity contribution in [3.63, 3.8) is 0 Å². The summed E-state index contributed by atoms with van der Waals surface area (Å²) in [6.45, 7) is 0. The van der Waals surface area contributed by atoms with Crippen molar-refractivity contribution >= 4 is 34.4 Å². The molecule has 2 aromatic carbocycles. The van der Waals surface area contributed by atoms with Crippen LogP contribution in [0, 0.1) is 3.57 Å². The van der Waals surface area contributed by atoms with E-state index in [1.165, 1.54) is 0 Å². The molecule has 2 amide bonds. The van der Waals surface area contributed by atoms with Gasteiger partial charge >= 0.3 is 0 Å². The van der Waals surface area contributed by atoms with Crippen molar-refractivity contribution in [2.75, 3.05) is 14.1 Å². The van der Waals surface area contributed by atoms with Gasteiger partial charge in [0.2, 0.25) is 11.8 Å². The summed E-state index contributed by atoms with van der Waals surface area (Å²) >= 11 is 2.27. The Morgan fingerprint density at radius 3 is 1.92 bits per heavy atom. The van der Waals surface area contributed by atoms with Gasteiger partial charge in [0.1, 0.15) is 12.1 Å². The maximum Gasteiger partial charge on any atom is 0.246 e. The molecule has 2 atom stereocenters. The molecule has 1 aliphatic rings. The quantitative estimate of drug-likeness (QED) is 0.676. The zero-order valence-electron chi connectivity index (χ0n) is 14.4. The van der Waals surface area contributed by atoms with Gasteiger partial charge in [-0.2, -0.15) is 0 Å². The summed E-state index contributed by atoms with van der Waals surface area (Å²) < 4.78 is 1.11. The zero-order valence-corrected chi connectivity index (χ0v) is 16.5. The zero-order chi connectivity index (χ0) is 18.0. The third kappa shape index (κ3) is 3.71. The first-order valence-electron chi connectivity index (χ1n) is 8.29. The lowest BCUT2D eigenvalue weighted by Crippen LogP contribution is -2.63. The van der Waals surface area contributed by atoms with Crippen LogP contribution in [-0.2, 0) is 22.4 Å². The summed E-state index contributed by atoms with van der Waals surface area (Å²) in [5, 5.41) is 0. The average Bonchev–Trinajstić information content (AvgIpc) is 2.63. The largest absolute Gasteiger partial charge is 0.332 e. The number of piperazine rings is 1. The van der Waals surface area contributed by atoms with Gasteiger partial charge in [-0.25, -0.2) is 0 Å². The molecular formula is C20H21IN2O2. The van der Waals surface area contributed by atoms with E-state index >= 15 is 0 Å². The Bertz CT molecular complexity index is 778. The van der Waals surface area contributed by atoms with Gasteiger partial charge in [-0.1, -0.05) is 48.5 Å². The number of nitrogens with zero attached hydrogens (tertiary/aromatic N) is 2. The molecule has 0 spiro atoms. The normalized spacial score (nSPS) is 20.9. The highest BCUT2D eigenvalue weighted by atomic mass is 127. The summed E-state index contributed by atoms with van der Waals surface area (Å²) in [5.41, 5.74) is 2.15. The fourth-order valence-corrected chi connectivity index (χ4v) is 3.87. The third-order valence-electron chi connectivity index (χ3n) is 4.84. The molecule has 4 nitrogen and oxygen atoms in total. The predicted molar refractivity (Wildman–Crippen MR) is 106 cm³/mol. The number of carbonyl (C=O) groups excluding carboxylic acids is 2. The Kier molecular flexibility index (Phi) is 5.42. The van der Waals surface area contributed by atoms with Crippen LogP contribution in [0.2, 0.25) is 0 Å². The molecule has 5 heteroatoms. The molecule has 1 saturated heterocycles. The van der Waals surface area contributed by atoms with Crippen molar-refractivity contribution in [2.45, 2.75) is 24.9 Å². The van der Waals surface area contributed by atoms with Crippen molar-refractivity contribution in [1.82, 2.24) is 9.80 Å². The number of halogens is 1. The van der Waals surface area contributed by atoms with Gasteiger partial charge in [0.05, 0.1) is 0 Å². The molecule has 25 heavy (non-hydrogen) atoms. The molecule has 0 saturated carbocycles. The van der Waals surface area contributed by atoms with Crippen molar-refractivity contribution in [3.8, 4) is 0 Å². The lowest BCUT2D eigenvalue weighted by Gasteiger charge is -2.42. The topological polar surface area (TPSA) is 40.6 Å². The van der Waals surface area contributed by atoms with Gasteiger partial charge in [0.25, 0.3) is 0 Å². The average molecular weight is 448 g/mol. The summed E-state index contributed by atoms with van der Waals surface area (Å²) in [4.78, 5) is 29.1. The van der Waals surface area contributed by atoms with Crippen LogP contribution < -0.4 is 0 Å². The molecule has 0 radical (unpaired) electrons.